The van der Waals surface area contributed by atoms with Crippen LogP contribution in [0.1, 0.15) is 35.0 Å². The fourth-order valence-electron chi connectivity index (χ4n) is 3.79. The second-order valence-electron chi connectivity index (χ2n) is 7.59. The maximum absolute atomic E-state index is 12.7. The number of piperidine rings is 1. The lowest BCUT2D eigenvalue weighted by molar-refractivity contribution is 0.0604. The molecule has 0 aliphatic carbocycles. The number of hydrogen-bond acceptors (Lipinski definition) is 4. The molecule has 30 heavy (non-hydrogen) atoms. The zero-order chi connectivity index (χ0) is 21.3. The number of H-pyrrole nitrogens is 1. The number of benzene rings is 1. The van der Waals surface area contributed by atoms with Crippen molar-refractivity contribution in [2.24, 2.45) is 0 Å². The van der Waals surface area contributed by atoms with Crippen LogP contribution in [0.2, 0.25) is 5.02 Å². The molecule has 1 aromatic carbocycles. The van der Waals surface area contributed by atoms with E-state index in [1.807, 2.05) is 24.3 Å². The van der Waals surface area contributed by atoms with Crippen molar-refractivity contribution in [3.8, 4) is 0 Å². The first-order valence-corrected chi connectivity index (χ1v) is 10.3. The van der Waals surface area contributed by atoms with Gasteiger partial charge in [0, 0.05) is 48.7 Å². The van der Waals surface area contributed by atoms with Crippen LogP contribution in [0.25, 0.3) is 10.9 Å². The van der Waals surface area contributed by atoms with E-state index in [1.165, 1.54) is 6.20 Å². The Balaban J connectivity index is 1.35. The van der Waals surface area contributed by atoms with Gasteiger partial charge in [0.1, 0.15) is 0 Å². The van der Waals surface area contributed by atoms with E-state index in [4.69, 9.17) is 16.0 Å². The first-order chi connectivity index (χ1) is 14.4. The Bertz CT molecular complexity index is 1080. The topological polar surface area (TPSA) is 94.5 Å². The van der Waals surface area contributed by atoms with Crippen molar-refractivity contribution < 1.29 is 14.0 Å². The number of carbonyl (C=O) groups is 2. The number of aryl methyl sites for hydroxylation is 1. The van der Waals surface area contributed by atoms with E-state index in [1.54, 1.807) is 23.8 Å². The van der Waals surface area contributed by atoms with Gasteiger partial charge in [0.05, 0.1) is 18.8 Å². The van der Waals surface area contributed by atoms with Crippen molar-refractivity contribution in [2.75, 3.05) is 20.1 Å². The SMILES string of the molecule is Cc1ncc(C(=O)N2CCC[C@@H](N(C)C(=O)NCc3cc4cc(Cl)ccc4[nH]3)C2)o1. The van der Waals surface area contributed by atoms with Gasteiger partial charge in [-0.3, -0.25) is 4.79 Å². The summed E-state index contributed by atoms with van der Waals surface area (Å²) in [4.78, 5) is 36.0. The Morgan fingerprint density at radius 1 is 1.40 bits per heavy atom. The van der Waals surface area contributed by atoms with Gasteiger partial charge in [0.15, 0.2) is 5.89 Å². The second-order valence-corrected chi connectivity index (χ2v) is 8.02. The molecule has 0 spiro atoms. The number of aromatic amines is 1. The number of aromatic nitrogens is 2. The van der Waals surface area contributed by atoms with Gasteiger partial charge < -0.3 is 24.5 Å². The minimum absolute atomic E-state index is 0.0618. The van der Waals surface area contributed by atoms with Crippen LogP contribution in [0.5, 0.6) is 0 Å². The van der Waals surface area contributed by atoms with Gasteiger partial charge >= 0.3 is 6.03 Å². The number of likely N-dealkylation sites (N-methyl/N-ethyl adjacent to an activating group) is 1. The van der Waals surface area contributed by atoms with Crippen LogP contribution in [-0.4, -0.2) is 57.9 Å². The first-order valence-electron chi connectivity index (χ1n) is 9.90. The van der Waals surface area contributed by atoms with Crippen molar-refractivity contribution in [3.05, 3.63) is 52.8 Å². The molecule has 3 aromatic rings. The van der Waals surface area contributed by atoms with Crippen LogP contribution in [0.15, 0.2) is 34.9 Å². The molecule has 1 saturated heterocycles. The minimum Gasteiger partial charge on any atom is -0.436 e. The molecule has 0 radical (unpaired) electrons. The van der Waals surface area contributed by atoms with Crippen molar-refractivity contribution in [1.29, 1.82) is 0 Å². The summed E-state index contributed by atoms with van der Waals surface area (Å²) in [7, 11) is 1.76. The maximum atomic E-state index is 12.7. The summed E-state index contributed by atoms with van der Waals surface area (Å²) >= 11 is 6.03. The molecule has 0 saturated carbocycles. The second kappa shape index (κ2) is 8.39. The third-order valence-electron chi connectivity index (χ3n) is 5.45. The van der Waals surface area contributed by atoms with Gasteiger partial charge in [-0.2, -0.15) is 0 Å². The number of halogens is 1. The van der Waals surface area contributed by atoms with Gasteiger partial charge in [-0.1, -0.05) is 11.6 Å². The number of fused-ring (bicyclic) bond motifs is 1. The van der Waals surface area contributed by atoms with Crippen LogP contribution >= 0.6 is 11.6 Å². The van der Waals surface area contributed by atoms with E-state index >= 15 is 0 Å². The highest BCUT2D eigenvalue weighted by molar-refractivity contribution is 6.31. The molecule has 3 heterocycles. The zero-order valence-corrected chi connectivity index (χ0v) is 17.7. The minimum atomic E-state index is -0.189. The van der Waals surface area contributed by atoms with E-state index in [9.17, 15) is 9.59 Å². The molecule has 0 bridgehead atoms. The molecule has 9 heteroatoms. The predicted octanol–water partition coefficient (Wildman–Crippen LogP) is 3.56. The molecular weight excluding hydrogens is 406 g/mol. The first kappa shape index (κ1) is 20.3. The lowest BCUT2D eigenvalue weighted by Gasteiger charge is -2.37. The summed E-state index contributed by atoms with van der Waals surface area (Å²) < 4.78 is 5.35. The number of urea groups is 1. The standard InChI is InChI=1S/C21H24ClN5O3/c1-13-23-11-19(30-13)20(28)27-7-3-4-17(12-27)26(2)21(29)24-10-16-9-14-8-15(22)5-6-18(14)25-16/h5-6,8-9,11,17,25H,3-4,7,10,12H2,1-2H3,(H,24,29)/t17-/m1/s1. The van der Waals surface area contributed by atoms with Gasteiger partial charge in [-0.15, -0.1) is 0 Å². The van der Waals surface area contributed by atoms with E-state index in [-0.39, 0.29) is 23.7 Å². The Kier molecular flexibility index (Phi) is 5.67. The molecule has 8 nitrogen and oxygen atoms in total. The van der Waals surface area contributed by atoms with Crippen LogP contribution in [0.4, 0.5) is 4.79 Å². The average Bonchev–Trinajstić information content (AvgIpc) is 3.36. The van der Waals surface area contributed by atoms with Crippen molar-refractivity contribution >= 4 is 34.4 Å². The molecule has 2 aromatic heterocycles. The molecule has 1 aliphatic heterocycles. The lowest BCUT2D eigenvalue weighted by Crippen LogP contribution is -2.52. The molecule has 1 aliphatic rings. The Morgan fingerprint density at radius 2 is 2.23 bits per heavy atom. The smallest absolute Gasteiger partial charge is 0.317 e. The van der Waals surface area contributed by atoms with Gasteiger partial charge in [-0.25, -0.2) is 9.78 Å². The Labute approximate surface area is 179 Å². The molecule has 4 rings (SSSR count). The highest BCUT2D eigenvalue weighted by Gasteiger charge is 2.30. The van der Waals surface area contributed by atoms with Crippen molar-refractivity contribution in [1.82, 2.24) is 25.1 Å². The van der Waals surface area contributed by atoms with Crippen LogP contribution in [0.3, 0.4) is 0 Å². The summed E-state index contributed by atoms with van der Waals surface area (Å²) in [6.07, 6.45) is 3.11. The third kappa shape index (κ3) is 4.28. The molecular formula is C21H24ClN5O3. The van der Waals surface area contributed by atoms with Crippen LogP contribution in [0, 0.1) is 6.92 Å². The van der Waals surface area contributed by atoms with Gasteiger partial charge in [0.2, 0.25) is 5.76 Å². The Hall–Kier alpha value is -3.00. The molecule has 2 N–H and O–H groups in total. The fraction of sp³-hybridized carbons (Fsp3) is 0.381. The highest BCUT2D eigenvalue weighted by Crippen LogP contribution is 2.21. The number of hydrogen-bond donors (Lipinski definition) is 2. The summed E-state index contributed by atoms with van der Waals surface area (Å²) in [5.41, 5.74) is 1.87. The monoisotopic (exact) mass is 429 g/mol. The lowest BCUT2D eigenvalue weighted by atomic mass is 10.0. The number of nitrogens with one attached hydrogen (secondary N) is 2. The number of oxazole rings is 1. The molecule has 3 amide bonds. The Morgan fingerprint density at radius 3 is 3.00 bits per heavy atom. The van der Waals surface area contributed by atoms with Crippen molar-refractivity contribution in [3.63, 3.8) is 0 Å². The van der Waals surface area contributed by atoms with Gasteiger partial charge in [0.25, 0.3) is 5.91 Å². The highest BCUT2D eigenvalue weighted by atomic mass is 35.5. The predicted molar refractivity (Wildman–Crippen MR) is 113 cm³/mol. The summed E-state index contributed by atoms with van der Waals surface area (Å²) in [5.74, 6) is 0.507. The molecule has 158 valence electrons. The number of nitrogens with zero attached hydrogens (tertiary/aromatic N) is 3. The van der Waals surface area contributed by atoms with Crippen LogP contribution < -0.4 is 5.32 Å². The van der Waals surface area contributed by atoms with Gasteiger partial charge in [-0.05, 0) is 37.1 Å². The molecule has 1 fully saturated rings. The van der Waals surface area contributed by atoms with Crippen LogP contribution in [-0.2, 0) is 6.54 Å². The fourth-order valence-corrected chi connectivity index (χ4v) is 3.97. The largest absolute Gasteiger partial charge is 0.436 e. The van der Waals surface area contributed by atoms with E-state index in [0.29, 0.717) is 30.5 Å². The van der Waals surface area contributed by atoms with E-state index in [2.05, 4.69) is 15.3 Å². The maximum Gasteiger partial charge on any atom is 0.317 e. The quantitative estimate of drug-likeness (QED) is 0.662. The van der Waals surface area contributed by atoms with Crippen molar-refractivity contribution in [2.45, 2.75) is 32.4 Å². The summed E-state index contributed by atoms with van der Waals surface area (Å²) in [6, 6.07) is 7.36. The molecule has 1 atom stereocenters. The van der Waals surface area contributed by atoms with E-state index in [0.717, 1.165) is 29.4 Å². The summed E-state index contributed by atoms with van der Waals surface area (Å²) in [6.45, 7) is 3.19. The number of amides is 3. The van der Waals surface area contributed by atoms with E-state index < -0.39 is 0 Å². The summed E-state index contributed by atoms with van der Waals surface area (Å²) in [5, 5.41) is 4.62. The normalized spacial score (nSPS) is 16.6. The third-order valence-corrected chi connectivity index (χ3v) is 5.69. The number of likely N-dealkylation sites (tertiary alicyclic amines) is 1. The molecule has 0 unspecified atom stereocenters. The number of carbonyl (C=O) groups excluding carboxylic acids is 2. The average molecular weight is 430 g/mol. The zero-order valence-electron chi connectivity index (χ0n) is 16.9. The number of rotatable bonds is 4.